The van der Waals surface area contributed by atoms with Gasteiger partial charge in [0.25, 0.3) is 0 Å². The number of rotatable bonds is 4. The smallest absolute Gasteiger partial charge is 0.141 e. The first-order valence-corrected chi connectivity index (χ1v) is 10.7. The van der Waals surface area contributed by atoms with Crippen LogP contribution >= 0.6 is 0 Å². The van der Waals surface area contributed by atoms with Gasteiger partial charge in [0, 0.05) is 56.5 Å². The molecule has 2 fully saturated rings. The van der Waals surface area contributed by atoms with Gasteiger partial charge < -0.3 is 14.4 Å². The quantitative estimate of drug-likeness (QED) is 0.884. The van der Waals surface area contributed by atoms with E-state index >= 15 is 0 Å². The summed E-state index contributed by atoms with van der Waals surface area (Å²) in [4.78, 5) is 7.08. The highest BCUT2D eigenvalue weighted by Crippen LogP contribution is 2.49. The summed E-state index contributed by atoms with van der Waals surface area (Å²) < 4.78 is 7.74. The minimum Gasteiger partial charge on any atom is -0.496 e. The van der Waals surface area contributed by atoms with Gasteiger partial charge in [-0.05, 0) is 49.3 Å². The zero-order chi connectivity index (χ0) is 19.3. The molecule has 1 unspecified atom stereocenters. The minimum atomic E-state index is -0.797. The van der Waals surface area contributed by atoms with Crippen LogP contribution in [0.2, 0.25) is 0 Å². The molecule has 1 aromatic carbocycles. The van der Waals surface area contributed by atoms with Gasteiger partial charge in [-0.15, -0.1) is 0 Å². The van der Waals surface area contributed by atoms with E-state index in [2.05, 4.69) is 22.0 Å². The van der Waals surface area contributed by atoms with Crippen LogP contribution in [0.1, 0.15) is 48.2 Å². The molecule has 2 bridgehead atoms. The van der Waals surface area contributed by atoms with Crippen molar-refractivity contribution < 1.29 is 9.84 Å². The molecule has 0 spiro atoms. The lowest BCUT2D eigenvalue weighted by Crippen LogP contribution is -2.58. The van der Waals surface area contributed by atoms with Crippen LogP contribution in [0.25, 0.3) is 0 Å². The average Bonchev–Trinajstić information content (AvgIpc) is 3.30. The van der Waals surface area contributed by atoms with Gasteiger partial charge in [0.2, 0.25) is 0 Å². The zero-order valence-electron chi connectivity index (χ0n) is 17.0. The van der Waals surface area contributed by atoms with Crippen molar-refractivity contribution in [3.63, 3.8) is 0 Å². The lowest BCUT2D eigenvalue weighted by Gasteiger charge is -2.52. The Morgan fingerprint density at radius 2 is 1.86 bits per heavy atom. The van der Waals surface area contributed by atoms with Gasteiger partial charge in [0.1, 0.15) is 17.2 Å². The van der Waals surface area contributed by atoms with Crippen molar-refractivity contribution in [1.29, 1.82) is 0 Å². The molecule has 1 saturated carbocycles. The number of methoxy groups -OCH3 is 1. The number of fused-ring (bicyclic) bond motifs is 3. The third kappa shape index (κ3) is 2.79. The number of aliphatic hydroxyl groups is 1. The molecule has 0 amide bonds. The summed E-state index contributed by atoms with van der Waals surface area (Å²) in [5.74, 6) is 2.34. The molecular weight excluding hydrogens is 350 g/mol. The number of benzene rings is 1. The van der Waals surface area contributed by atoms with Gasteiger partial charge in [0.15, 0.2) is 0 Å². The summed E-state index contributed by atoms with van der Waals surface area (Å²) in [6, 6.07) is 4.63. The second-order valence-electron chi connectivity index (χ2n) is 8.99. The molecule has 2 aromatic rings. The normalized spacial score (nSPS) is 29.7. The molecule has 28 heavy (non-hydrogen) atoms. The second-order valence-corrected chi connectivity index (χ2v) is 8.99. The molecule has 5 rings (SSSR count). The number of ether oxygens (including phenoxy) is 1. The number of imidazole rings is 1. The van der Waals surface area contributed by atoms with Crippen molar-refractivity contribution in [1.82, 2.24) is 14.5 Å². The van der Waals surface area contributed by atoms with Crippen LogP contribution in [-0.2, 0) is 32.0 Å². The highest BCUT2D eigenvalue weighted by molar-refractivity contribution is 5.45. The Hall–Kier alpha value is -1.85. The Morgan fingerprint density at radius 1 is 1.14 bits per heavy atom. The van der Waals surface area contributed by atoms with Crippen LogP contribution in [-0.4, -0.2) is 39.8 Å². The summed E-state index contributed by atoms with van der Waals surface area (Å²) in [7, 11) is 3.78. The van der Waals surface area contributed by atoms with E-state index in [0.29, 0.717) is 0 Å². The van der Waals surface area contributed by atoms with Crippen LogP contribution < -0.4 is 4.74 Å². The number of aryl methyl sites for hydroxylation is 3. The summed E-state index contributed by atoms with van der Waals surface area (Å²) in [5.41, 5.74) is 3.45. The Labute approximate surface area is 167 Å². The van der Waals surface area contributed by atoms with Gasteiger partial charge in [-0.2, -0.15) is 0 Å². The minimum absolute atomic E-state index is 0.238. The van der Waals surface area contributed by atoms with E-state index in [0.717, 1.165) is 44.0 Å². The first-order chi connectivity index (χ1) is 13.6. The van der Waals surface area contributed by atoms with Crippen LogP contribution in [0.4, 0.5) is 0 Å². The molecule has 1 N–H and O–H groups in total. The predicted molar refractivity (Wildman–Crippen MR) is 108 cm³/mol. The van der Waals surface area contributed by atoms with Crippen molar-refractivity contribution in [2.75, 3.05) is 20.2 Å². The van der Waals surface area contributed by atoms with Crippen molar-refractivity contribution in [2.24, 2.45) is 18.9 Å². The van der Waals surface area contributed by atoms with Crippen LogP contribution in [0, 0.1) is 11.8 Å². The maximum atomic E-state index is 11.8. The van der Waals surface area contributed by atoms with E-state index in [1.807, 2.05) is 24.0 Å². The van der Waals surface area contributed by atoms with Gasteiger partial charge in [-0.25, -0.2) is 4.98 Å². The maximum Gasteiger partial charge on any atom is 0.141 e. The molecule has 0 radical (unpaired) electrons. The van der Waals surface area contributed by atoms with Crippen LogP contribution in [0.3, 0.4) is 0 Å². The molecule has 150 valence electrons. The molecule has 3 atom stereocenters. The fourth-order valence-corrected chi connectivity index (χ4v) is 6.00. The largest absolute Gasteiger partial charge is 0.496 e. The van der Waals surface area contributed by atoms with E-state index in [1.165, 1.54) is 42.4 Å². The number of hydrogen-bond donors (Lipinski definition) is 1. The van der Waals surface area contributed by atoms with E-state index in [1.54, 1.807) is 7.11 Å². The molecule has 2 heterocycles. The van der Waals surface area contributed by atoms with Crippen molar-refractivity contribution >= 4 is 0 Å². The molecular formula is C23H31N3O2. The van der Waals surface area contributed by atoms with E-state index in [4.69, 9.17) is 4.74 Å². The highest BCUT2D eigenvalue weighted by Gasteiger charge is 2.53. The van der Waals surface area contributed by atoms with Gasteiger partial charge in [-0.1, -0.05) is 12.5 Å². The van der Waals surface area contributed by atoms with Crippen LogP contribution in [0.15, 0.2) is 24.5 Å². The summed E-state index contributed by atoms with van der Waals surface area (Å²) >= 11 is 0. The van der Waals surface area contributed by atoms with Gasteiger partial charge >= 0.3 is 0 Å². The fourth-order valence-electron chi connectivity index (χ4n) is 6.00. The van der Waals surface area contributed by atoms with E-state index in [9.17, 15) is 5.11 Å². The Bertz CT molecular complexity index is 861. The predicted octanol–water partition coefficient (Wildman–Crippen LogP) is 3.04. The molecule has 3 aliphatic rings. The van der Waals surface area contributed by atoms with Crippen molar-refractivity contribution in [2.45, 2.75) is 50.7 Å². The molecule has 5 nitrogen and oxygen atoms in total. The van der Waals surface area contributed by atoms with E-state index < -0.39 is 5.60 Å². The second kappa shape index (κ2) is 6.89. The summed E-state index contributed by atoms with van der Waals surface area (Å²) in [6.07, 6.45) is 10.7. The summed E-state index contributed by atoms with van der Waals surface area (Å²) in [5, 5.41) is 11.8. The fraction of sp³-hybridized carbons (Fsp3) is 0.609. The number of likely N-dealkylation sites (tertiary alicyclic amines) is 1. The van der Waals surface area contributed by atoms with E-state index in [-0.39, 0.29) is 11.8 Å². The van der Waals surface area contributed by atoms with Gasteiger partial charge in [-0.3, -0.25) is 4.90 Å². The molecule has 2 aliphatic carbocycles. The zero-order valence-corrected chi connectivity index (χ0v) is 17.0. The number of hydrogen-bond acceptors (Lipinski definition) is 4. The number of piperidine rings is 1. The topological polar surface area (TPSA) is 50.5 Å². The van der Waals surface area contributed by atoms with Crippen molar-refractivity contribution in [3.05, 3.63) is 47.0 Å². The molecule has 1 saturated heterocycles. The SMILES string of the molecule is COc1cc2c(cc1CN1C[C@H]3CCC[C@@H](C1)C3(O)c1nccn1C)CCC2. The highest BCUT2D eigenvalue weighted by atomic mass is 16.5. The molecule has 1 aromatic heterocycles. The molecule has 1 aliphatic heterocycles. The Balaban J connectivity index is 1.41. The maximum absolute atomic E-state index is 11.8. The molecule has 5 heteroatoms. The average molecular weight is 382 g/mol. The number of nitrogens with zero attached hydrogens (tertiary/aromatic N) is 3. The summed E-state index contributed by atoms with van der Waals surface area (Å²) in [6.45, 7) is 2.74. The van der Waals surface area contributed by atoms with Crippen molar-refractivity contribution in [3.8, 4) is 5.75 Å². The Morgan fingerprint density at radius 3 is 2.50 bits per heavy atom. The third-order valence-electron chi connectivity index (χ3n) is 7.38. The first kappa shape index (κ1) is 18.2. The monoisotopic (exact) mass is 381 g/mol. The Kier molecular flexibility index (Phi) is 4.48. The first-order valence-electron chi connectivity index (χ1n) is 10.7. The standard InChI is InChI=1S/C23H31N3O2/c1-25-10-9-24-22(25)23(27)19-7-4-8-20(23)15-26(14-19)13-18-11-16-5-3-6-17(16)12-21(18)28-2/h9-12,19-20,27H,3-8,13-15H2,1-2H3/t19-,20+,23?. The lowest BCUT2D eigenvalue weighted by atomic mass is 9.65. The van der Waals surface area contributed by atoms with Crippen LogP contribution in [0.5, 0.6) is 5.75 Å². The van der Waals surface area contributed by atoms with Gasteiger partial charge in [0.05, 0.1) is 7.11 Å². The third-order valence-corrected chi connectivity index (χ3v) is 7.38. The lowest BCUT2D eigenvalue weighted by molar-refractivity contribution is -0.155. The number of aromatic nitrogens is 2.